The van der Waals surface area contributed by atoms with E-state index in [0.29, 0.717) is 17.5 Å². The van der Waals surface area contributed by atoms with E-state index in [1.54, 1.807) is 0 Å². The van der Waals surface area contributed by atoms with Gasteiger partial charge in [-0.05, 0) is 77.0 Å². The molecule has 5 nitrogen and oxygen atoms in total. The Labute approximate surface area is 310 Å². The molecule has 1 saturated heterocycles. The zero-order valence-corrected chi connectivity index (χ0v) is 30.2. The minimum absolute atomic E-state index is 0.405. The van der Waals surface area contributed by atoms with Crippen LogP contribution >= 0.6 is 0 Å². The number of rotatable bonds is 6. The van der Waals surface area contributed by atoms with E-state index >= 15 is 0 Å². The van der Waals surface area contributed by atoms with Crippen LogP contribution in [-0.2, 0) is 9.31 Å². The normalized spacial score (nSPS) is 14.9. The van der Waals surface area contributed by atoms with Gasteiger partial charge in [0.05, 0.1) is 11.2 Å². The standard InChI is InChI=1S/C47H38BN3O2/c1-46(2)47(3,4)53-48(52-46)36-29-27-32(28-30-36)42-40-22-14-12-20-38(40)37-19-11-13-21-39(37)41(42)31-23-25-35(26-24-31)45-50-43(33-15-7-5-8-16-33)49-44(51-45)34-17-9-6-10-18-34/h5-30H,1-4H3. The van der Waals surface area contributed by atoms with Crippen LogP contribution in [0.5, 0.6) is 0 Å². The average Bonchev–Trinajstić information content (AvgIpc) is 3.43. The highest BCUT2D eigenvalue weighted by Crippen LogP contribution is 2.45. The van der Waals surface area contributed by atoms with Crippen molar-refractivity contribution >= 4 is 34.1 Å². The van der Waals surface area contributed by atoms with Gasteiger partial charge in [-0.1, -0.05) is 158 Å². The fraction of sp³-hybridized carbons (Fsp3) is 0.128. The van der Waals surface area contributed by atoms with Crippen molar-refractivity contribution in [3.05, 3.63) is 158 Å². The van der Waals surface area contributed by atoms with Gasteiger partial charge in [0, 0.05) is 16.7 Å². The average molecular weight is 688 g/mol. The molecule has 1 aromatic heterocycles. The van der Waals surface area contributed by atoms with Crippen LogP contribution in [0.2, 0.25) is 0 Å². The fourth-order valence-corrected chi connectivity index (χ4v) is 7.25. The van der Waals surface area contributed by atoms with Crippen LogP contribution in [0.25, 0.3) is 78.0 Å². The minimum Gasteiger partial charge on any atom is -0.399 e. The van der Waals surface area contributed by atoms with E-state index in [9.17, 15) is 0 Å². The van der Waals surface area contributed by atoms with Gasteiger partial charge in [-0.2, -0.15) is 0 Å². The van der Waals surface area contributed by atoms with Gasteiger partial charge >= 0.3 is 7.12 Å². The lowest BCUT2D eigenvalue weighted by molar-refractivity contribution is 0.00578. The molecule has 6 heteroatoms. The Balaban J connectivity index is 1.18. The zero-order chi connectivity index (χ0) is 36.2. The summed E-state index contributed by atoms with van der Waals surface area (Å²) in [5.41, 5.74) is 7.61. The SMILES string of the molecule is CC1(C)OB(c2ccc(-c3c(-c4ccc(-c5nc(-c6ccccc6)nc(-c6ccccc6)n5)cc4)c4ccccc4c4ccccc34)cc2)OC1(C)C. The largest absolute Gasteiger partial charge is 0.494 e. The summed E-state index contributed by atoms with van der Waals surface area (Å²) in [5.74, 6) is 1.92. The molecule has 0 amide bonds. The first-order chi connectivity index (χ1) is 25.8. The maximum Gasteiger partial charge on any atom is 0.494 e. The molecule has 0 unspecified atom stereocenters. The number of benzene rings is 7. The van der Waals surface area contributed by atoms with Gasteiger partial charge in [0.1, 0.15) is 0 Å². The molecule has 8 aromatic rings. The molecule has 1 aliphatic heterocycles. The third kappa shape index (κ3) is 5.90. The first kappa shape index (κ1) is 32.9. The first-order valence-electron chi connectivity index (χ1n) is 18.1. The van der Waals surface area contributed by atoms with E-state index in [1.165, 1.54) is 32.7 Å². The number of hydrogen-bond acceptors (Lipinski definition) is 5. The van der Waals surface area contributed by atoms with E-state index in [0.717, 1.165) is 33.3 Å². The first-order valence-corrected chi connectivity index (χ1v) is 18.1. The van der Waals surface area contributed by atoms with E-state index < -0.39 is 18.3 Å². The maximum absolute atomic E-state index is 6.39. The smallest absolute Gasteiger partial charge is 0.399 e. The van der Waals surface area contributed by atoms with Gasteiger partial charge < -0.3 is 9.31 Å². The molecule has 0 bridgehead atoms. The molecule has 7 aromatic carbocycles. The van der Waals surface area contributed by atoms with Crippen LogP contribution in [0.1, 0.15) is 27.7 Å². The van der Waals surface area contributed by atoms with E-state index in [-0.39, 0.29) is 0 Å². The van der Waals surface area contributed by atoms with Crippen molar-refractivity contribution in [1.29, 1.82) is 0 Å². The number of fused-ring (bicyclic) bond motifs is 3. The second kappa shape index (κ2) is 12.9. The summed E-state index contributed by atoms with van der Waals surface area (Å²) < 4.78 is 12.8. The predicted octanol–water partition coefficient (Wildman–Crippen LogP) is 10.8. The lowest BCUT2D eigenvalue weighted by atomic mass is 9.77. The summed E-state index contributed by atoms with van der Waals surface area (Å²) in [6.07, 6.45) is 0. The maximum atomic E-state index is 6.39. The van der Waals surface area contributed by atoms with Crippen LogP contribution < -0.4 is 5.46 Å². The highest BCUT2D eigenvalue weighted by atomic mass is 16.7. The van der Waals surface area contributed by atoms with Crippen molar-refractivity contribution in [1.82, 2.24) is 15.0 Å². The van der Waals surface area contributed by atoms with E-state index in [1.807, 2.05) is 60.7 Å². The Morgan fingerprint density at radius 2 is 0.679 bits per heavy atom. The van der Waals surface area contributed by atoms with Crippen LogP contribution in [0.15, 0.2) is 158 Å². The predicted molar refractivity (Wildman–Crippen MR) is 218 cm³/mol. The highest BCUT2D eigenvalue weighted by Gasteiger charge is 2.51. The number of nitrogens with zero attached hydrogens (tertiary/aromatic N) is 3. The summed E-state index contributed by atoms with van der Waals surface area (Å²) in [5, 5.41) is 4.84. The second-order valence-electron chi connectivity index (χ2n) is 14.7. The number of aromatic nitrogens is 3. The molecule has 1 aliphatic rings. The van der Waals surface area contributed by atoms with Crippen LogP contribution in [-0.4, -0.2) is 33.3 Å². The Bertz CT molecular complexity index is 2530. The van der Waals surface area contributed by atoms with Crippen molar-refractivity contribution in [2.75, 3.05) is 0 Å². The molecule has 0 N–H and O–H groups in total. The van der Waals surface area contributed by atoms with Crippen molar-refractivity contribution in [2.45, 2.75) is 38.9 Å². The van der Waals surface area contributed by atoms with Gasteiger partial charge in [-0.3, -0.25) is 0 Å². The van der Waals surface area contributed by atoms with E-state index in [2.05, 4.69) is 125 Å². The molecular weight excluding hydrogens is 649 g/mol. The highest BCUT2D eigenvalue weighted by molar-refractivity contribution is 6.62. The Morgan fingerprint density at radius 3 is 1.09 bits per heavy atom. The monoisotopic (exact) mass is 687 g/mol. The molecule has 0 atom stereocenters. The molecule has 0 saturated carbocycles. The molecule has 256 valence electrons. The van der Waals surface area contributed by atoms with Crippen molar-refractivity contribution < 1.29 is 9.31 Å². The third-order valence-electron chi connectivity index (χ3n) is 10.8. The summed E-state index contributed by atoms with van der Waals surface area (Å²) in [7, 11) is -0.422. The summed E-state index contributed by atoms with van der Waals surface area (Å²) >= 11 is 0. The summed E-state index contributed by atoms with van der Waals surface area (Å²) in [4.78, 5) is 14.8. The van der Waals surface area contributed by atoms with Gasteiger partial charge in [-0.25, -0.2) is 15.0 Å². The van der Waals surface area contributed by atoms with Crippen molar-refractivity contribution in [2.24, 2.45) is 0 Å². The van der Waals surface area contributed by atoms with Crippen LogP contribution in [0.4, 0.5) is 0 Å². The minimum atomic E-state index is -0.422. The Kier molecular flexibility index (Phi) is 8.03. The number of hydrogen-bond donors (Lipinski definition) is 0. The molecule has 0 radical (unpaired) electrons. The Hall–Kier alpha value is -5.95. The van der Waals surface area contributed by atoms with E-state index in [4.69, 9.17) is 24.3 Å². The fourth-order valence-electron chi connectivity index (χ4n) is 7.25. The third-order valence-corrected chi connectivity index (χ3v) is 10.8. The lowest BCUT2D eigenvalue weighted by Gasteiger charge is -2.32. The molecular formula is C47H38BN3O2. The van der Waals surface area contributed by atoms with Crippen molar-refractivity contribution in [3.63, 3.8) is 0 Å². The van der Waals surface area contributed by atoms with Gasteiger partial charge in [0.15, 0.2) is 17.5 Å². The van der Waals surface area contributed by atoms with Gasteiger partial charge in [0.25, 0.3) is 0 Å². The van der Waals surface area contributed by atoms with Crippen molar-refractivity contribution in [3.8, 4) is 56.4 Å². The topological polar surface area (TPSA) is 57.1 Å². The Morgan fingerprint density at radius 1 is 0.358 bits per heavy atom. The molecule has 2 heterocycles. The van der Waals surface area contributed by atoms with Gasteiger partial charge in [-0.15, -0.1) is 0 Å². The molecule has 53 heavy (non-hydrogen) atoms. The second-order valence-corrected chi connectivity index (χ2v) is 14.7. The summed E-state index contributed by atoms with van der Waals surface area (Å²) in [6.45, 7) is 8.35. The van der Waals surface area contributed by atoms with Gasteiger partial charge in [0.2, 0.25) is 0 Å². The molecule has 0 spiro atoms. The molecule has 0 aliphatic carbocycles. The van der Waals surface area contributed by atoms with Crippen LogP contribution in [0, 0.1) is 0 Å². The molecule has 9 rings (SSSR count). The molecule has 1 fully saturated rings. The summed E-state index contributed by atoms with van der Waals surface area (Å²) in [6, 6.07) is 54.9. The van der Waals surface area contributed by atoms with Crippen LogP contribution in [0.3, 0.4) is 0 Å². The quantitative estimate of drug-likeness (QED) is 0.129. The lowest BCUT2D eigenvalue weighted by Crippen LogP contribution is -2.41. The zero-order valence-electron chi connectivity index (χ0n) is 30.2.